The van der Waals surface area contributed by atoms with Crippen molar-refractivity contribution >= 4 is 40.5 Å². The fourth-order valence-electron chi connectivity index (χ4n) is 5.26. The summed E-state index contributed by atoms with van der Waals surface area (Å²) >= 11 is 0. The molecule has 11 heteroatoms. The first-order chi connectivity index (χ1) is 20.5. The van der Waals surface area contributed by atoms with E-state index in [-0.39, 0.29) is 35.9 Å². The summed E-state index contributed by atoms with van der Waals surface area (Å²) in [5, 5.41) is 12.3. The third-order valence-corrected chi connectivity index (χ3v) is 7.73. The standard InChI is InChI=1S/C32H45N5O6/c1-19(2)28(36-32(42)37-29(20(3)4)31(41)43-5)26(38)17-21-10-8-9-15-33-27(39)14-13-23(35-30(21)40)16-22-18-34-25-12-7-6-11-24(22)25/h6-7,11-14,18-21,23,28-29,34H,8-10,15-17H2,1-5H3,(H,33,39)(H,35,40)(H2,36,37,42)/b14-13+/t21-,23-,28+,29+/m1/s1. The number of fused-ring (bicyclic) bond motifs is 1. The lowest BCUT2D eigenvalue weighted by Gasteiger charge is -2.27. The van der Waals surface area contributed by atoms with Gasteiger partial charge in [0.1, 0.15) is 6.04 Å². The normalized spacial score (nSPS) is 20.3. The van der Waals surface area contributed by atoms with Crippen LogP contribution in [0.5, 0.6) is 0 Å². The lowest BCUT2D eigenvalue weighted by molar-refractivity contribution is -0.144. The van der Waals surface area contributed by atoms with Crippen LogP contribution < -0.4 is 21.3 Å². The predicted octanol–water partition coefficient (Wildman–Crippen LogP) is 3.15. The molecule has 11 nitrogen and oxygen atoms in total. The van der Waals surface area contributed by atoms with Crippen molar-refractivity contribution in [1.82, 2.24) is 26.3 Å². The molecular formula is C32H45N5O6. The van der Waals surface area contributed by atoms with Gasteiger partial charge < -0.3 is 31.0 Å². The van der Waals surface area contributed by atoms with Crippen LogP contribution in [0.3, 0.4) is 0 Å². The molecule has 1 aliphatic rings. The minimum Gasteiger partial charge on any atom is -0.467 e. The molecule has 1 aromatic carbocycles. The monoisotopic (exact) mass is 595 g/mol. The fraction of sp³-hybridized carbons (Fsp3) is 0.531. The number of amides is 4. The van der Waals surface area contributed by atoms with Gasteiger partial charge in [0.05, 0.1) is 19.2 Å². The van der Waals surface area contributed by atoms with Gasteiger partial charge in [-0.2, -0.15) is 0 Å². The van der Waals surface area contributed by atoms with Gasteiger partial charge in [0.15, 0.2) is 5.78 Å². The zero-order valence-corrected chi connectivity index (χ0v) is 25.7. The van der Waals surface area contributed by atoms with Crippen molar-refractivity contribution in [2.24, 2.45) is 17.8 Å². The van der Waals surface area contributed by atoms with Crippen LogP contribution in [0.15, 0.2) is 42.6 Å². The first-order valence-corrected chi connectivity index (χ1v) is 15.0. The number of carbonyl (C=O) groups is 5. The first-order valence-electron chi connectivity index (χ1n) is 15.0. The average molecular weight is 596 g/mol. The van der Waals surface area contributed by atoms with Crippen LogP contribution >= 0.6 is 0 Å². The summed E-state index contributed by atoms with van der Waals surface area (Å²) < 4.78 is 4.79. The van der Waals surface area contributed by atoms with Crippen LogP contribution in [0.25, 0.3) is 10.9 Å². The van der Waals surface area contributed by atoms with E-state index in [1.54, 1.807) is 19.9 Å². The van der Waals surface area contributed by atoms with Crippen molar-refractivity contribution in [2.45, 2.75) is 77.9 Å². The zero-order valence-electron chi connectivity index (χ0n) is 25.7. The van der Waals surface area contributed by atoms with Gasteiger partial charge in [-0.3, -0.25) is 14.4 Å². The number of nitrogens with one attached hydrogen (secondary N) is 5. The molecule has 0 radical (unpaired) electrons. The van der Waals surface area contributed by atoms with Crippen LogP contribution in [0, 0.1) is 17.8 Å². The van der Waals surface area contributed by atoms with Gasteiger partial charge in [-0.25, -0.2) is 9.59 Å². The molecule has 2 aromatic rings. The largest absolute Gasteiger partial charge is 0.467 e. The summed E-state index contributed by atoms with van der Waals surface area (Å²) in [7, 11) is 1.25. The summed E-state index contributed by atoms with van der Waals surface area (Å²) in [6.45, 7) is 7.65. The number of carbonyl (C=O) groups excluding carboxylic acids is 5. The minimum absolute atomic E-state index is 0.0601. The lowest BCUT2D eigenvalue weighted by atomic mass is 9.88. The third kappa shape index (κ3) is 9.69. The van der Waals surface area contributed by atoms with E-state index in [0.717, 1.165) is 16.5 Å². The molecule has 3 rings (SSSR count). The number of aromatic nitrogens is 1. The summed E-state index contributed by atoms with van der Waals surface area (Å²) in [6.07, 6.45) is 7.17. The number of H-pyrrole nitrogens is 1. The van der Waals surface area contributed by atoms with Crippen molar-refractivity contribution in [3.8, 4) is 0 Å². The van der Waals surface area contributed by atoms with Gasteiger partial charge >= 0.3 is 12.0 Å². The molecule has 2 heterocycles. The maximum Gasteiger partial charge on any atom is 0.328 e. The summed E-state index contributed by atoms with van der Waals surface area (Å²) in [5.74, 6) is -2.43. The van der Waals surface area contributed by atoms with E-state index in [1.165, 1.54) is 13.2 Å². The van der Waals surface area contributed by atoms with Gasteiger partial charge in [-0.15, -0.1) is 0 Å². The topological polar surface area (TPSA) is 158 Å². The van der Waals surface area contributed by atoms with E-state index in [9.17, 15) is 24.0 Å². The molecule has 0 unspecified atom stereocenters. The Labute approximate surface area is 253 Å². The zero-order chi connectivity index (χ0) is 31.5. The number of esters is 1. The predicted molar refractivity (Wildman–Crippen MR) is 164 cm³/mol. The van der Waals surface area contributed by atoms with E-state index in [4.69, 9.17) is 4.74 Å². The van der Waals surface area contributed by atoms with Gasteiger partial charge in [0.2, 0.25) is 11.8 Å². The Balaban J connectivity index is 1.75. The van der Waals surface area contributed by atoms with Crippen molar-refractivity contribution in [1.29, 1.82) is 0 Å². The van der Waals surface area contributed by atoms with Crippen molar-refractivity contribution < 1.29 is 28.7 Å². The number of para-hydroxylation sites is 1. The van der Waals surface area contributed by atoms with E-state index in [1.807, 2.05) is 44.3 Å². The molecule has 0 saturated heterocycles. The number of aromatic amines is 1. The number of urea groups is 1. The summed E-state index contributed by atoms with van der Waals surface area (Å²) in [4.78, 5) is 67.7. The minimum atomic E-state index is -0.868. The highest BCUT2D eigenvalue weighted by atomic mass is 16.5. The molecule has 234 valence electrons. The first kappa shape index (κ1) is 33.4. The number of Topliss-reactive ketones (excluding diaryl/α,β-unsaturated/α-hetero) is 1. The van der Waals surface area contributed by atoms with Gasteiger partial charge in [-0.1, -0.05) is 58.4 Å². The van der Waals surface area contributed by atoms with Crippen LogP contribution in [-0.4, -0.2) is 66.4 Å². The fourth-order valence-corrected chi connectivity index (χ4v) is 5.26. The Morgan fingerprint density at radius 1 is 1.00 bits per heavy atom. The smallest absolute Gasteiger partial charge is 0.328 e. The number of hydrogen-bond donors (Lipinski definition) is 5. The van der Waals surface area contributed by atoms with E-state index in [2.05, 4.69) is 26.3 Å². The molecule has 4 atom stereocenters. The molecule has 0 saturated carbocycles. The highest BCUT2D eigenvalue weighted by Gasteiger charge is 2.32. The lowest BCUT2D eigenvalue weighted by Crippen LogP contribution is -2.54. The molecule has 43 heavy (non-hydrogen) atoms. The molecule has 0 fully saturated rings. The second-order valence-corrected chi connectivity index (χ2v) is 11.8. The second-order valence-electron chi connectivity index (χ2n) is 11.8. The number of benzene rings is 1. The van der Waals surface area contributed by atoms with Gasteiger partial charge in [-0.05, 0) is 42.7 Å². The van der Waals surface area contributed by atoms with Crippen LogP contribution in [0.2, 0.25) is 0 Å². The average Bonchev–Trinajstić information content (AvgIpc) is 3.37. The number of rotatable bonds is 10. The number of hydrogen-bond acceptors (Lipinski definition) is 6. The maximum atomic E-state index is 13.6. The molecule has 0 aliphatic carbocycles. The Kier molecular flexibility index (Phi) is 12.3. The van der Waals surface area contributed by atoms with E-state index < -0.39 is 36.0 Å². The van der Waals surface area contributed by atoms with Crippen LogP contribution in [-0.2, 0) is 30.3 Å². The van der Waals surface area contributed by atoms with Gasteiger partial charge in [0.25, 0.3) is 0 Å². The van der Waals surface area contributed by atoms with Crippen molar-refractivity contribution in [2.75, 3.05) is 13.7 Å². The Morgan fingerprint density at radius 3 is 2.40 bits per heavy atom. The van der Waals surface area contributed by atoms with Gasteiger partial charge in [0, 0.05) is 42.1 Å². The SMILES string of the molecule is COC(=O)[C@@H](NC(=O)N[C@H](C(=O)C[C@H]1CCCCNC(=O)/C=C/[C@H](Cc2c[nH]c3ccccc23)NC1=O)C(C)C)C(C)C. The highest BCUT2D eigenvalue weighted by Crippen LogP contribution is 2.21. The van der Waals surface area contributed by atoms with Crippen LogP contribution in [0.4, 0.5) is 4.79 Å². The molecule has 4 amide bonds. The molecule has 5 N–H and O–H groups in total. The van der Waals surface area contributed by atoms with E-state index >= 15 is 0 Å². The number of methoxy groups -OCH3 is 1. The second kappa shape index (κ2) is 15.9. The summed E-state index contributed by atoms with van der Waals surface area (Å²) in [6, 6.07) is 5.00. The molecule has 0 bridgehead atoms. The quantitative estimate of drug-likeness (QED) is 0.266. The molecular weight excluding hydrogens is 550 g/mol. The van der Waals surface area contributed by atoms with Crippen molar-refractivity contribution in [3.05, 3.63) is 48.2 Å². The number of ether oxygens (including phenoxy) is 1. The molecule has 1 aromatic heterocycles. The third-order valence-electron chi connectivity index (χ3n) is 7.73. The number of ketones is 1. The van der Waals surface area contributed by atoms with Crippen LogP contribution in [0.1, 0.15) is 58.9 Å². The molecule has 0 spiro atoms. The highest BCUT2D eigenvalue weighted by molar-refractivity contribution is 5.93. The van der Waals surface area contributed by atoms with E-state index in [0.29, 0.717) is 32.2 Å². The van der Waals surface area contributed by atoms with Crippen molar-refractivity contribution in [3.63, 3.8) is 0 Å². The summed E-state index contributed by atoms with van der Waals surface area (Å²) in [5.41, 5.74) is 1.97. The Bertz CT molecular complexity index is 1320. The Hall–Kier alpha value is -4.15. The maximum absolute atomic E-state index is 13.6. The Morgan fingerprint density at radius 2 is 1.70 bits per heavy atom. The molecule has 1 aliphatic heterocycles.